The van der Waals surface area contributed by atoms with Gasteiger partial charge in [0.1, 0.15) is 0 Å². The van der Waals surface area contributed by atoms with Crippen molar-refractivity contribution in [3.63, 3.8) is 0 Å². The minimum absolute atomic E-state index is 0.918. The minimum Gasteiger partial charge on any atom is -0.361 e. The molecule has 1 N–H and O–H groups in total. The molecule has 0 radical (unpaired) electrons. The molecule has 64 valence electrons. The predicted molar refractivity (Wildman–Crippen MR) is 58.7 cm³/mol. The van der Waals surface area contributed by atoms with Crippen LogP contribution in [0.1, 0.15) is 11.1 Å². The summed E-state index contributed by atoms with van der Waals surface area (Å²) in [5.41, 5.74) is 3.24. The van der Waals surface area contributed by atoms with Crippen molar-refractivity contribution in [1.29, 1.82) is 0 Å². The lowest BCUT2D eigenvalue weighted by Gasteiger charge is -2.02. The van der Waals surface area contributed by atoms with E-state index in [0.29, 0.717) is 0 Å². The molecule has 0 aliphatic heterocycles. The molecule has 0 amide bonds. The maximum atomic E-state index is 5.43. The molecule has 1 heterocycles. The molecule has 0 spiro atoms. The third kappa shape index (κ3) is 1.16. The van der Waals surface area contributed by atoms with Gasteiger partial charge in [0.25, 0.3) is 0 Å². The molecule has 2 aromatic rings. The van der Waals surface area contributed by atoms with Crippen molar-refractivity contribution in [3.8, 4) is 12.3 Å². The number of nitrogens with one attached hydrogen (secondary N) is 1. The summed E-state index contributed by atoms with van der Waals surface area (Å²) in [6.07, 6.45) is 7.34. The zero-order valence-electron chi connectivity index (χ0n) is 7.19. The molecule has 1 aromatic heterocycles. The van der Waals surface area contributed by atoms with Gasteiger partial charge in [0, 0.05) is 27.1 Å². The summed E-state index contributed by atoms with van der Waals surface area (Å²) in [4.78, 5) is 3.17. The number of H-pyrrole nitrogens is 1. The Morgan fingerprint density at radius 3 is 3.00 bits per heavy atom. The average Bonchev–Trinajstić information content (AvgIpc) is 2.53. The molecule has 2 heteroatoms. The quantitative estimate of drug-likeness (QED) is 0.673. The van der Waals surface area contributed by atoms with E-state index in [9.17, 15) is 0 Å². The maximum Gasteiger partial charge on any atom is 0.0497 e. The van der Waals surface area contributed by atoms with E-state index in [4.69, 9.17) is 6.42 Å². The molecule has 0 aliphatic rings. The highest BCUT2D eigenvalue weighted by atomic mass is 79.9. The van der Waals surface area contributed by atoms with Crippen molar-refractivity contribution in [2.24, 2.45) is 0 Å². The minimum atomic E-state index is 0.918. The van der Waals surface area contributed by atoms with Crippen molar-refractivity contribution in [3.05, 3.63) is 33.9 Å². The van der Waals surface area contributed by atoms with E-state index in [1.54, 1.807) is 0 Å². The van der Waals surface area contributed by atoms with Gasteiger partial charge in [-0.25, -0.2) is 0 Å². The van der Waals surface area contributed by atoms with Gasteiger partial charge in [0.2, 0.25) is 0 Å². The Hall–Kier alpha value is -1.20. The Morgan fingerprint density at radius 2 is 2.31 bits per heavy atom. The van der Waals surface area contributed by atoms with Crippen molar-refractivity contribution in [2.45, 2.75) is 6.92 Å². The van der Waals surface area contributed by atoms with Gasteiger partial charge in [-0.15, -0.1) is 6.42 Å². The topological polar surface area (TPSA) is 15.8 Å². The maximum absolute atomic E-state index is 5.43. The highest BCUT2D eigenvalue weighted by Crippen LogP contribution is 2.27. The van der Waals surface area contributed by atoms with Gasteiger partial charge in [-0.2, -0.15) is 0 Å². The van der Waals surface area contributed by atoms with Crippen LogP contribution in [-0.2, 0) is 0 Å². The Balaban J connectivity index is 2.99. The van der Waals surface area contributed by atoms with E-state index >= 15 is 0 Å². The van der Waals surface area contributed by atoms with Crippen molar-refractivity contribution in [2.75, 3.05) is 0 Å². The van der Waals surface area contributed by atoms with Crippen LogP contribution >= 0.6 is 15.9 Å². The van der Waals surface area contributed by atoms with Crippen LogP contribution in [0.4, 0.5) is 0 Å². The van der Waals surface area contributed by atoms with Crippen LogP contribution < -0.4 is 0 Å². The summed E-state index contributed by atoms with van der Waals surface area (Å²) < 4.78 is 0.986. The summed E-state index contributed by atoms with van der Waals surface area (Å²) in [6.45, 7) is 2.06. The van der Waals surface area contributed by atoms with Crippen LogP contribution in [-0.4, -0.2) is 4.98 Å². The lowest BCUT2D eigenvalue weighted by molar-refractivity contribution is 1.41. The van der Waals surface area contributed by atoms with Crippen molar-refractivity contribution in [1.82, 2.24) is 4.98 Å². The first-order chi connectivity index (χ1) is 6.24. The van der Waals surface area contributed by atoms with Gasteiger partial charge < -0.3 is 4.98 Å². The number of aromatic amines is 1. The fourth-order valence-electron chi connectivity index (χ4n) is 1.51. The molecule has 0 fully saturated rings. The Labute approximate surface area is 85.3 Å². The van der Waals surface area contributed by atoms with E-state index in [1.165, 1.54) is 5.56 Å². The number of halogens is 1. The van der Waals surface area contributed by atoms with Crippen molar-refractivity contribution < 1.29 is 0 Å². The third-order valence-corrected chi connectivity index (χ3v) is 2.76. The monoisotopic (exact) mass is 233 g/mol. The highest BCUT2D eigenvalue weighted by Gasteiger charge is 2.06. The zero-order valence-corrected chi connectivity index (χ0v) is 8.77. The Kier molecular flexibility index (Phi) is 1.90. The Morgan fingerprint density at radius 1 is 1.54 bits per heavy atom. The fraction of sp³-hybridized carbons (Fsp3) is 0.0909. The second-order valence-corrected chi connectivity index (χ2v) is 3.82. The molecule has 2 rings (SSSR count). The average molecular weight is 234 g/mol. The largest absolute Gasteiger partial charge is 0.361 e. The molecular formula is C11H8BrN. The summed E-state index contributed by atoms with van der Waals surface area (Å²) >= 11 is 3.46. The van der Waals surface area contributed by atoms with Gasteiger partial charge in [-0.3, -0.25) is 0 Å². The van der Waals surface area contributed by atoms with Gasteiger partial charge in [0.15, 0.2) is 0 Å². The molecule has 1 aromatic carbocycles. The number of hydrogen-bond acceptors (Lipinski definition) is 0. The number of aromatic nitrogens is 1. The van der Waals surface area contributed by atoms with Crippen LogP contribution in [0.25, 0.3) is 10.9 Å². The first kappa shape index (κ1) is 8.40. The van der Waals surface area contributed by atoms with E-state index in [2.05, 4.69) is 33.8 Å². The summed E-state index contributed by atoms with van der Waals surface area (Å²) in [5.74, 6) is 2.68. The molecule has 13 heavy (non-hydrogen) atoms. The smallest absolute Gasteiger partial charge is 0.0497 e. The van der Waals surface area contributed by atoms with E-state index in [-0.39, 0.29) is 0 Å². The predicted octanol–water partition coefficient (Wildman–Crippen LogP) is 3.22. The molecule has 0 aliphatic carbocycles. The summed E-state index contributed by atoms with van der Waals surface area (Å²) in [5, 5.41) is 1.11. The van der Waals surface area contributed by atoms with Crippen molar-refractivity contribution >= 4 is 26.8 Å². The van der Waals surface area contributed by atoms with E-state index < -0.39 is 0 Å². The molecule has 1 nitrogen and oxygen atoms in total. The van der Waals surface area contributed by atoms with Crippen LogP contribution in [0.5, 0.6) is 0 Å². The second kappa shape index (κ2) is 2.93. The molecule has 0 atom stereocenters. The molecule has 0 bridgehead atoms. The van der Waals surface area contributed by atoms with E-state index in [0.717, 1.165) is 20.9 Å². The van der Waals surface area contributed by atoms with Gasteiger partial charge in [-0.05, 0) is 40.5 Å². The molecular weight excluding hydrogens is 226 g/mol. The summed E-state index contributed by atoms with van der Waals surface area (Å²) in [7, 11) is 0. The van der Waals surface area contributed by atoms with Crippen LogP contribution in [0.15, 0.2) is 22.8 Å². The normalized spacial score (nSPS) is 10.2. The first-order valence-electron chi connectivity index (χ1n) is 3.97. The van der Waals surface area contributed by atoms with Crippen LogP contribution in [0, 0.1) is 19.3 Å². The molecule has 0 unspecified atom stereocenters. The third-order valence-electron chi connectivity index (χ3n) is 2.14. The highest BCUT2D eigenvalue weighted by molar-refractivity contribution is 9.10. The fourth-order valence-corrected chi connectivity index (χ4v) is 2.19. The SMILES string of the molecule is C#Cc1c(Br)cc(C)c2[nH]ccc12. The van der Waals surface area contributed by atoms with Gasteiger partial charge >= 0.3 is 0 Å². The number of benzene rings is 1. The number of rotatable bonds is 0. The summed E-state index contributed by atoms with van der Waals surface area (Å²) in [6, 6.07) is 4.04. The van der Waals surface area contributed by atoms with Crippen LogP contribution in [0.2, 0.25) is 0 Å². The van der Waals surface area contributed by atoms with Gasteiger partial charge in [0.05, 0.1) is 0 Å². The number of hydrogen-bond donors (Lipinski definition) is 1. The number of aryl methyl sites for hydroxylation is 1. The second-order valence-electron chi connectivity index (χ2n) is 2.96. The number of terminal acetylenes is 1. The number of fused-ring (bicyclic) bond motifs is 1. The van der Waals surface area contributed by atoms with E-state index in [1.807, 2.05) is 18.3 Å². The van der Waals surface area contributed by atoms with Crippen LogP contribution in [0.3, 0.4) is 0 Å². The molecule has 0 saturated heterocycles. The lowest BCUT2D eigenvalue weighted by atomic mass is 10.1. The molecule has 0 saturated carbocycles. The standard InChI is InChI=1S/C11H8BrN/c1-3-8-9-4-5-13-11(9)7(2)6-10(8)12/h1,4-6,13H,2H3. The van der Waals surface area contributed by atoms with Gasteiger partial charge in [-0.1, -0.05) is 5.92 Å². The lowest BCUT2D eigenvalue weighted by Crippen LogP contribution is -1.83. The first-order valence-corrected chi connectivity index (χ1v) is 4.76. The Bertz CT molecular complexity index is 503. The zero-order chi connectivity index (χ0) is 9.42.